The highest BCUT2D eigenvalue weighted by Gasteiger charge is 2.10. The van der Waals surface area contributed by atoms with E-state index in [1.165, 1.54) is 20.3 Å². The lowest BCUT2D eigenvalue weighted by Crippen LogP contribution is -2.21. The molecule has 2 rings (SSSR count). The topological polar surface area (TPSA) is 60.5 Å². The Kier molecular flexibility index (Phi) is 6.21. The highest BCUT2D eigenvalue weighted by atomic mass is 35.5. The fourth-order valence-electron chi connectivity index (χ4n) is 2.14. The second-order valence-electron chi connectivity index (χ2n) is 5.06. The molecular weight excluding hydrogens is 328 g/mol. The third kappa shape index (κ3) is 4.49. The second-order valence-corrected chi connectivity index (χ2v) is 5.46. The number of aromatic nitrogens is 1. The zero-order chi connectivity index (χ0) is 17.5. The number of hydrogen-bond donors (Lipinski definition) is 1. The number of methoxy groups -OCH3 is 2. The molecule has 24 heavy (non-hydrogen) atoms. The fraction of sp³-hybridized carbons (Fsp3) is 0.222. The lowest BCUT2D eigenvalue weighted by Gasteiger charge is -2.10. The molecule has 0 fully saturated rings. The number of carbonyl (C=O) groups is 1. The zero-order valence-electron chi connectivity index (χ0n) is 13.8. The Balaban J connectivity index is 2.04. The average Bonchev–Trinajstić information content (AvgIpc) is 2.58. The molecule has 1 amide bonds. The number of nitrogens with one attached hydrogen (secondary N) is 1. The third-order valence-corrected chi connectivity index (χ3v) is 3.71. The van der Waals surface area contributed by atoms with Gasteiger partial charge in [0.25, 0.3) is 0 Å². The number of hydrogen-bond acceptors (Lipinski definition) is 4. The van der Waals surface area contributed by atoms with Crippen molar-refractivity contribution < 1.29 is 14.3 Å². The molecule has 0 bridgehead atoms. The van der Waals surface area contributed by atoms with Crippen molar-refractivity contribution in [2.45, 2.75) is 13.5 Å². The number of aryl methyl sites for hydroxylation is 1. The van der Waals surface area contributed by atoms with Gasteiger partial charge in [0.1, 0.15) is 0 Å². The van der Waals surface area contributed by atoms with Crippen LogP contribution in [0, 0.1) is 6.92 Å². The van der Waals surface area contributed by atoms with Crippen molar-refractivity contribution in [3.63, 3.8) is 0 Å². The summed E-state index contributed by atoms with van der Waals surface area (Å²) in [6, 6.07) is 7.27. The van der Waals surface area contributed by atoms with E-state index >= 15 is 0 Å². The SMILES string of the molecule is COc1cc(C=CC(=O)NCc2ncccc2C)cc(Cl)c1OC. The van der Waals surface area contributed by atoms with Gasteiger partial charge in [-0.25, -0.2) is 0 Å². The molecule has 126 valence electrons. The minimum Gasteiger partial charge on any atom is -0.493 e. The first-order valence-electron chi connectivity index (χ1n) is 7.33. The normalized spacial score (nSPS) is 10.7. The molecule has 6 heteroatoms. The van der Waals surface area contributed by atoms with Crippen molar-refractivity contribution in [2.24, 2.45) is 0 Å². The van der Waals surface area contributed by atoms with Crippen molar-refractivity contribution in [1.29, 1.82) is 0 Å². The molecule has 0 unspecified atom stereocenters. The molecule has 2 aromatic rings. The molecule has 0 radical (unpaired) electrons. The number of rotatable bonds is 6. The monoisotopic (exact) mass is 346 g/mol. The van der Waals surface area contributed by atoms with Gasteiger partial charge in [0.05, 0.1) is 31.5 Å². The number of nitrogens with zero attached hydrogens (tertiary/aromatic N) is 1. The standard InChI is InChI=1S/C18H19ClN2O3/c1-12-5-4-8-20-15(12)11-21-17(22)7-6-13-9-14(19)18(24-3)16(10-13)23-2/h4-10H,11H2,1-3H3,(H,21,22). The lowest BCUT2D eigenvalue weighted by molar-refractivity contribution is -0.116. The zero-order valence-corrected chi connectivity index (χ0v) is 14.6. The molecule has 0 saturated heterocycles. The molecule has 0 aliphatic rings. The van der Waals surface area contributed by atoms with Gasteiger partial charge in [0.15, 0.2) is 11.5 Å². The molecule has 1 aromatic heterocycles. The van der Waals surface area contributed by atoms with Crippen LogP contribution in [-0.4, -0.2) is 25.1 Å². The van der Waals surface area contributed by atoms with Gasteiger partial charge < -0.3 is 14.8 Å². The van der Waals surface area contributed by atoms with E-state index in [1.807, 2.05) is 19.1 Å². The molecule has 1 aromatic carbocycles. The summed E-state index contributed by atoms with van der Waals surface area (Å²) in [7, 11) is 3.05. The van der Waals surface area contributed by atoms with Crippen LogP contribution in [0.1, 0.15) is 16.8 Å². The molecule has 0 spiro atoms. The van der Waals surface area contributed by atoms with E-state index < -0.39 is 0 Å². The quantitative estimate of drug-likeness (QED) is 0.814. The summed E-state index contributed by atoms with van der Waals surface area (Å²) in [4.78, 5) is 16.2. The van der Waals surface area contributed by atoms with Crippen molar-refractivity contribution in [3.05, 3.63) is 58.4 Å². The first-order valence-corrected chi connectivity index (χ1v) is 7.71. The van der Waals surface area contributed by atoms with Gasteiger partial charge in [-0.2, -0.15) is 0 Å². The minimum absolute atomic E-state index is 0.217. The van der Waals surface area contributed by atoms with E-state index in [0.717, 1.165) is 16.8 Å². The van der Waals surface area contributed by atoms with Gasteiger partial charge in [0.2, 0.25) is 5.91 Å². The Morgan fingerprint density at radius 3 is 2.79 bits per heavy atom. The number of pyridine rings is 1. The van der Waals surface area contributed by atoms with Gasteiger partial charge in [0, 0.05) is 12.3 Å². The predicted molar refractivity (Wildman–Crippen MR) is 94.4 cm³/mol. The summed E-state index contributed by atoms with van der Waals surface area (Å²) in [6.07, 6.45) is 4.81. The molecular formula is C18H19ClN2O3. The molecule has 0 aliphatic carbocycles. The summed E-state index contributed by atoms with van der Waals surface area (Å²) < 4.78 is 10.4. The van der Waals surface area contributed by atoms with Crippen LogP contribution in [0.2, 0.25) is 5.02 Å². The Bertz CT molecular complexity index is 760. The van der Waals surface area contributed by atoms with Crippen LogP contribution in [0.4, 0.5) is 0 Å². The van der Waals surface area contributed by atoms with Crippen LogP contribution < -0.4 is 14.8 Å². The fourth-order valence-corrected chi connectivity index (χ4v) is 2.44. The van der Waals surface area contributed by atoms with E-state index in [-0.39, 0.29) is 5.91 Å². The van der Waals surface area contributed by atoms with E-state index in [0.29, 0.717) is 23.1 Å². The summed E-state index contributed by atoms with van der Waals surface area (Å²) in [5.41, 5.74) is 2.61. The van der Waals surface area contributed by atoms with E-state index in [2.05, 4.69) is 10.3 Å². The Morgan fingerprint density at radius 2 is 2.12 bits per heavy atom. The largest absolute Gasteiger partial charge is 0.493 e. The summed E-state index contributed by atoms with van der Waals surface area (Å²) in [5, 5.41) is 3.22. The first kappa shape index (κ1) is 17.8. The Hall–Kier alpha value is -2.53. The number of ether oxygens (including phenoxy) is 2. The molecule has 0 aliphatic heterocycles. The van der Waals surface area contributed by atoms with Crippen molar-refractivity contribution >= 4 is 23.6 Å². The highest BCUT2D eigenvalue weighted by Crippen LogP contribution is 2.36. The maximum Gasteiger partial charge on any atom is 0.244 e. The second kappa shape index (κ2) is 8.36. The molecule has 0 saturated carbocycles. The van der Waals surface area contributed by atoms with Gasteiger partial charge in [-0.05, 0) is 42.3 Å². The lowest BCUT2D eigenvalue weighted by atomic mass is 10.2. The van der Waals surface area contributed by atoms with E-state index in [9.17, 15) is 4.79 Å². The van der Waals surface area contributed by atoms with Gasteiger partial charge in [-0.3, -0.25) is 9.78 Å². The van der Waals surface area contributed by atoms with Crippen molar-refractivity contribution in [3.8, 4) is 11.5 Å². The van der Waals surface area contributed by atoms with Crippen LogP contribution in [0.25, 0.3) is 6.08 Å². The van der Waals surface area contributed by atoms with Gasteiger partial charge in [-0.15, -0.1) is 0 Å². The van der Waals surface area contributed by atoms with Gasteiger partial charge >= 0.3 is 0 Å². The highest BCUT2D eigenvalue weighted by molar-refractivity contribution is 6.32. The smallest absolute Gasteiger partial charge is 0.244 e. The van der Waals surface area contributed by atoms with Crippen LogP contribution in [-0.2, 0) is 11.3 Å². The summed E-state index contributed by atoms with van der Waals surface area (Å²) >= 11 is 6.14. The van der Waals surface area contributed by atoms with Crippen LogP contribution in [0.15, 0.2) is 36.5 Å². The van der Waals surface area contributed by atoms with Crippen molar-refractivity contribution in [2.75, 3.05) is 14.2 Å². The molecule has 0 atom stereocenters. The molecule has 1 N–H and O–H groups in total. The van der Waals surface area contributed by atoms with Crippen LogP contribution >= 0.6 is 11.6 Å². The Labute approximate surface area is 146 Å². The number of benzene rings is 1. The minimum atomic E-state index is -0.217. The van der Waals surface area contributed by atoms with Gasteiger partial charge in [-0.1, -0.05) is 17.7 Å². The maximum atomic E-state index is 11.9. The van der Waals surface area contributed by atoms with Crippen LogP contribution in [0.3, 0.4) is 0 Å². The summed E-state index contributed by atoms with van der Waals surface area (Å²) in [6.45, 7) is 2.33. The first-order chi connectivity index (χ1) is 11.5. The number of carbonyl (C=O) groups excluding carboxylic acids is 1. The summed E-state index contributed by atoms with van der Waals surface area (Å²) in [5.74, 6) is 0.756. The van der Waals surface area contributed by atoms with Crippen molar-refractivity contribution in [1.82, 2.24) is 10.3 Å². The molecule has 5 nitrogen and oxygen atoms in total. The molecule has 1 heterocycles. The number of halogens is 1. The average molecular weight is 347 g/mol. The predicted octanol–water partition coefficient (Wildman–Crippen LogP) is 3.39. The Morgan fingerprint density at radius 1 is 1.33 bits per heavy atom. The van der Waals surface area contributed by atoms with E-state index in [4.69, 9.17) is 21.1 Å². The van der Waals surface area contributed by atoms with Crippen LogP contribution in [0.5, 0.6) is 11.5 Å². The van der Waals surface area contributed by atoms with E-state index in [1.54, 1.807) is 24.4 Å². The third-order valence-electron chi connectivity index (χ3n) is 3.43. The maximum absolute atomic E-state index is 11.9. The number of amides is 1.